The van der Waals surface area contributed by atoms with Crippen molar-refractivity contribution in [3.05, 3.63) is 108 Å². The van der Waals surface area contributed by atoms with Gasteiger partial charge in [-0.05, 0) is 62.5 Å². The SMILES string of the molecule is CCN1C(=O)/C(=C/c2ccc(-c3ccccc3)o2)OC1=S.CCN1C(=S)O/C(=C\c2ccc(-c3ccccc3)o2)C1=S. The molecule has 6 rings (SSSR count). The second-order valence-electron chi connectivity index (χ2n) is 8.99. The molecule has 2 fully saturated rings. The molecular weight excluding hydrogens is 589 g/mol. The fourth-order valence-electron chi connectivity index (χ4n) is 4.18. The summed E-state index contributed by atoms with van der Waals surface area (Å²) in [4.78, 5) is 15.8. The van der Waals surface area contributed by atoms with Crippen LogP contribution in [0, 0.1) is 0 Å². The van der Waals surface area contributed by atoms with Crippen LogP contribution in [0.1, 0.15) is 25.4 Å². The molecule has 0 spiro atoms. The highest BCUT2D eigenvalue weighted by Crippen LogP contribution is 2.27. The molecule has 0 atom stereocenters. The first-order chi connectivity index (χ1) is 20.4. The van der Waals surface area contributed by atoms with Crippen LogP contribution in [0.2, 0.25) is 0 Å². The van der Waals surface area contributed by atoms with E-state index in [2.05, 4.69) is 0 Å². The lowest BCUT2D eigenvalue weighted by molar-refractivity contribution is -0.122. The molecule has 4 aromatic rings. The van der Waals surface area contributed by atoms with Gasteiger partial charge in [-0.15, -0.1) is 0 Å². The Labute approximate surface area is 259 Å². The zero-order chi connectivity index (χ0) is 29.6. The molecule has 7 nitrogen and oxygen atoms in total. The van der Waals surface area contributed by atoms with E-state index in [9.17, 15) is 4.79 Å². The summed E-state index contributed by atoms with van der Waals surface area (Å²) in [5.41, 5.74) is 2.01. The minimum Gasteiger partial charge on any atom is -0.457 e. The van der Waals surface area contributed by atoms with Crippen LogP contribution in [0.25, 0.3) is 34.8 Å². The first-order valence-corrected chi connectivity index (χ1v) is 14.4. The number of likely N-dealkylation sites (N-methyl/N-ethyl adjacent to an activating group) is 2. The number of nitrogens with zero attached hydrogens (tertiary/aromatic N) is 2. The first-order valence-electron chi connectivity index (χ1n) is 13.2. The lowest BCUT2D eigenvalue weighted by Crippen LogP contribution is -2.27. The number of benzene rings is 2. The van der Waals surface area contributed by atoms with Crippen LogP contribution < -0.4 is 0 Å². The van der Waals surface area contributed by atoms with Gasteiger partial charge in [0.1, 0.15) is 23.0 Å². The Morgan fingerprint density at radius 2 is 1.07 bits per heavy atom. The predicted molar refractivity (Wildman–Crippen MR) is 174 cm³/mol. The number of hydrogen-bond donors (Lipinski definition) is 0. The van der Waals surface area contributed by atoms with Crippen LogP contribution in [-0.2, 0) is 14.3 Å². The van der Waals surface area contributed by atoms with Crippen molar-refractivity contribution in [2.45, 2.75) is 13.8 Å². The number of ether oxygens (including phenoxy) is 2. The van der Waals surface area contributed by atoms with Crippen LogP contribution in [0.5, 0.6) is 0 Å². The molecule has 212 valence electrons. The summed E-state index contributed by atoms with van der Waals surface area (Å²) in [5.74, 6) is 3.30. The average Bonchev–Trinajstić information content (AvgIpc) is 3.78. The van der Waals surface area contributed by atoms with Crippen molar-refractivity contribution in [3.63, 3.8) is 0 Å². The molecule has 2 aromatic carbocycles. The molecule has 0 radical (unpaired) electrons. The summed E-state index contributed by atoms with van der Waals surface area (Å²) >= 11 is 15.5. The topological polar surface area (TPSA) is 68.3 Å². The van der Waals surface area contributed by atoms with Crippen molar-refractivity contribution >= 4 is 70.1 Å². The van der Waals surface area contributed by atoms with Gasteiger partial charge in [-0.2, -0.15) is 0 Å². The highest BCUT2D eigenvalue weighted by Gasteiger charge is 2.32. The Balaban J connectivity index is 0.000000168. The van der Waals surface area contributed by atoms with Gasteiger partial charge in [-0.1, -0.05) is 72.9 Å². The number of hydrogen-bond acceptors (Lipinski definition) is 8. The monoisotopic (exact) mass is 614 g/mol. The average molecular weight is 615 g/mol. The lowest BCUT2D eigenvalue weighted by atomic mass is 10.2. The number of thiocarbonyl (C=S) groups is 3. The molecule has 2 aliphatic rings. The molecule has 0 saturated carbocycles. The Morgan fingerprint density at radius 3 is 1.52 bits per heavy atom. The zero-order valence-corrected chi connectivity index (χ0v) is 25.3. The normalized spacial score (nSPS) is 16.6. The van der Waals surface area contributed by atoms with E-state index in [0.717, 1.165) is 22.6 Å². The van der Waals surface area contributed by atoms with Gasteiger partial charge in [0, 0.05) is 36.4 Å². The molecule has 2 aliphatic heterocycles. The predicted octanol–water partition coefficient (Wildman–Crippen LogP) is 7.70. The van der Waals surface area contributed by atoms with Crippen molar-refractivity contribution in [2.75, 3.05) is 13.1 Å². The standard InChI is InChI=1S/C16H13NO3S.C16H13NO2S2/c1-2-17-15(18)14(20-16(17)21)10-12-8-9-13(19-12)11-6-4-3-5-7-11;1-2-17-15(20)14(19-16(17)21)10-12-8-9-13(18-12)11-6-4-3-5-7-11/h2*3-10H,2H2,1H3/b2*14-10-. The van der Waals surface area contributed by atoms with Crippen molar-refractivity contribution < 1.29 is 23.1 Å². The fraction of sp³-hybridized carbons (Fsp3) is 0.125. The molecule has 2 saturated heterocycles. The molecule has 0 unspecified atom stereocenters. The largest absolute Gasteiger partial charge is 0.457 e. The number of furan rings is 2. The third-order valence-electron chi connectivity index (χ3n) is 6.30. The fourth-order valence-corrected chi connectivity index (χ4v) is 5.16. The molecule has 1 amide bonds. The third-order valence-corrected chi connectivity index (χ3v) is 7.33. The summed E-state index contributed by atoms with van der Waals surface area (Å²) in [6, 6.07) is 27.1. The van der Waals surface area contributed by atoms with E-state index in [1.165, 1.54) is 4.90 Å². The number of rotatable bonds is 6. The Kier molecular flexibility index (Phi) is 9.06. The maximum Gasteiger partial charge on any atom is 0.297 e. The summed E-state index contributed by atoms with van der Waals surface area (Å²) < 4.78 is 22.3. The number of amides is 1. The molecule has 2 aromatic heterocycles. The second-order valence-corrected chi connectivity index (χ2v) is 10.1. The quantitative estimate of drug-likeness (QED) is 0.161. The molecule has 0 bridgehead atoms. The molecule has 42 heavy (non-hydrogen) atoms. The summed E-state index contributed by atoms with van der Waals surface area (Å²) in [6.07, 6.45) is 3.34. The van der Waals surface area contributed by atoms with Gasteiger partial charge >= 0.3 is 0 Å². The van der Waals surface area contributed by atoms with Crippen molar-refractivity contribution in [1.82, 2.24) is 9.80 Å². The maximum atomic E-state index is 12.0. The van der Waals surface area contributed by atoms with E-state index in [1.807, 2.05) is 92.7 Å². The van der Waals surface area contributed by atoms with Crippen molar-refractivity contribution in [2.24, 2.45) is 0 Å². The van der Waals surface area contributed by atoms with Crippen LogP contribution >= 0.6 is 36.7 Å². The van der Waals surface area contributed by atoms with E-state index >= 15 is 0 Å². The van der Waals surface area contributed by atoms with Gasteiger partial charge in [0.2, 0.25) is 0 Å². The van der Waals surface area contributed by atoms with Gasteiger partial charge in [-0.25, -0.2) is 0 Å². The highest BCUT2D eigenvalue weighted by atomic mass is 32.1. The van der Waals surface area contributed by atoms with E-state index in [0.29, 0.717) is 40.5 Å². The lowest BCUT2D eigenvalue weighted by Gasteiger charge is -2.09. The van der Waals surface area contributed by atoms with Gasteiger partial charge in [-0.3, -0.25) is 14.6 Å². The Hall–Kier alpha value is -4.38. The van der Waals surface area contributed by atoms with E-state index in [1.54, 1.807) is 23.1 Å². The van der Waals surface area contributed by atoms with E-state index in [-0.39, 0.29) is 16.8 Å². The van der Waals surface area contributed by atoms with Gasteiger partial charge < -0.3 is 18.3 Å². The second kappa shape index (κ2) is 13.1. The van der Waals surface area contributed by atoms with E-state index < -0.39 is 0 Å². The van der Waals surface area contributed by atoms with Crippen molar-refractivity contribution in [1.29, 1.82) is 0 Å². The third kappa shape index (κ3) is 6.41. The maximum absolute atomic E-state index is 12.0. The molecule has 0 N–H and O–H groups in total. The summed E-state index contributed by atoms with van der Waals surface area (Å²) in [6.45, 7) is 5.01. The molecule has 10 heteroatoms. The van der Waals surface area contributed by atoms with Crippen molar-refractivity contribution in [3.8, 4) is 22.6 Å². The van der Waals surface area contributed by atoms with Crippen LogP contribution in [0.15, 0.2) is 105 Å². The van der Waals surface area contributed by atoms with Gasteiger partial charge in [0.05, 0.1) is 0 Å². The Bertz CT molecular complexity index is 1560. The number of carbonyl (C=O) groups excluding carboxylic acids is 1. The Morgan fingerprint density at radius 1 is 0.619 bits per heavy atom. The van der Waals surface area contributed by atoms with E-state index in [4.69, 9.17) is 55.0 Å². The van der Waals surface area contributed by atoms with Crippen LogP contribution in [0.3, 0.4) is 0 Å². The van der Waals surface area contributed by atoms with Crippen LogP contribution in [0.4, 0.5) is 0 Å². The molecule has 4 heterocycles. The first kappa shape index (κ1) is 29.1. The summed E-state index contributed by atoms with van der Waals surface area (Å²) in [5, 5.41) is 0.576. The van der Waals surface area contributed by atoms with Crippen LogP contribution in [-0.4, -0.2) is 44.1 Å². The molecule has 0 aliphatic carbocycles. The highest BCUT2D eigenvalue weighted by molar-refractivity contribution is 7.82. The zero-order valence-electron chi connectivity index (χ0n) is 22.8. The number of carbonyl (C=O) groups is 1. The molecular formula is C32H26N2O5S3. The minimum absolute atomic E-state index is 0.184. The smallest absolute Gasteiger partial charge is 0.297 e. The summed E-state index contributed by atoms with van der Waals surface area (Å²) in [7, 11) is 0. The van der Waals surface area contributed by atoms with Gasteiger partial charge in [0.25, 0.3) is 16.3 Å². The minimum atomic E-state index is -0.236. The van der Waals surface area contributed by atoms with Gasteiger partial charge in [0.15, 0.2) is 16.5 Å².